The summed E-state index contributed by atoms with van der Waals surface area (Å²) >= 11 is 0. The quantitative estimate of drug-likeness (QED) is 0.272. The Bertz CT molecular complexity index is 845. The maximum absolute atomic E-state index is 13.6. The maximum atomic E-state index is 13.6. The van der Waals surface area contributed by atoms with Crippen molar-refractivity contribution < 1.29 is 24.2 Å². The van der Waals surface area contributed by atoms with Crippen molar-refractivity contribution in [1.82, 2.24) is 15.5 Å². The number of carbonyl (C=O) groups excluding carboxylic acids is 2. The number of nitrogens with zero attached hydrogens (tertiary/aromatic N) is 1. The lowest BCUT2D eigenvalue weighted by Crippen LogP contribution is -2.43. The number of carbonyl (C=O) groups is 2. The van der Waals surface area contributed by atoms with Crippen molar-refractivity contribution in [2.24, 2.45) is 17.8 Å². The summed E-state index contributed by atoms with van der Waals surface area (Å²) in [7, 11) is 1.68. The van der Waals surface area contributed by atoms with Gasteiger partial charge in [0.05, 0.1) is 13.2 Å². The highest BCUT2D eigenvalue weighted by Gasteiger charge is 2.31. The second kappa shape index (κ2) is 16.1. The molecule has 0 bridgehead atoms. The van der Waals surface area contributed by atoms with Crippen LogP contribution in [0.25, 0.3) is 0 Å². The Morgan fingerprint density at radius 3 is 2.54 bits per heavy atom. The minimum Gasteiger partial charge on any atom is -0.493 e. The van der Waals surface area contributed by atoms with E-state index in [9.17, 15) is 14.7 Å². The van der Waals surface area contributed by atoms with Gasteiger partial charge in [-0.25, -0.2) is 0 Å². The van der Waals surface area contributed by atoms with Gasteiger partial charge in [-0.05, 0) is 75.2 Å². The molecule has 8 heteroatoms. The summed E-state index contributed by atoms with van der Waals surface area (Å²) in [5.41, 5.74) is 1.72. The molecule has 0 aromatic heterocycles. The van der Waals surface area contributed by atoms with E-state index in [1.54, 1.807) is 7.11 Å². The summed E-state index contributed by atoms with van der Waals surface area (Å²) in [6.45, 7) is 14.5. The zero-order chi connectivity index (χ0) is 27.4. The number of methoxy groups -OCH3 is 1. The largest absolute Gasteiger partial charge is 0.493 e. The first kappa shape index (κ1) is 31.2. The molecule has 1 heterocycles. The van der Waals surface area contributed by atoms with Crippen molar-refractivity contribution in [3.05, 3.63) is 29.3 Å². The van der Waals surface area contributed by atoms with E-state index in [2.05, 4.69) is 17.6 Å². The van der Waals surface area contributed by atoms with Crippen LogP contribution >= 0.6 is 0 Å². The SMILES string of the molecule is CCc1ccc(C(=O)N(C[C@@H]2CNC[C@H]2CNCC(=O)[C@@H](O)CC(C)C)C(C)C)cc1OCCCOC. The molecule has 3 atom stereocenters. The summed E-state index contributed by atoms with van der Waals surface area (Å²) in [6, 6.07) is 5.82. The van der Waals surface area contributed by atoms with E-state index in [4.69, 9.17) is 9.47 Å². The minimum atomic E-state index is -0.910. The Balaban J connectivity index is 2.01. The Morgan fingerprint density at radius 1 is 1.16 bits per heavy atom. The third-order valence-electron chi connectivity index (χ3n) is 7.01. The zero-order valence-corrected chi connectivity index (χ0v) is 23.7. The van der Waals surface area contributed by atoms with E-state index < -0.39 is 6.10 Å². The van der Waals surface area contributed by atoms with Gasteiger partial charge in [-0.1, -0.05) is 26.8 Å². The van der Waals surface area contributed by atoms with E-state index in [1.165, 1.54) is 0 Å². The van der Waals surface area contributed by atoms with Crippen molar-refractivity contribution in [2.45, 2.75) is 66.0 Å². The first-order valence-corrected chi connectivity index (χ1v) is 13.9. The fourth-order valence-corrected chi connectivity index (χ4v) is 4.76. The van der Waals surface area contributed by atoms with Gasteiger partial charge in [-0.2, -0.15) is 0 Å². The third-order valence-corrected chi connectivity index (χ3v) is 7.01. The lowest BCUT2D eigenvalue weighted by Gasteiger charge is -2.32. The zero-order valence-electron chi connectivity index (χ0n) is 23.7. The molecule has 1 fully saturated rings. The van der Waals surface area contributed by atoms with Crippen LogP contribution in [0.1, 0.15) is 63.4 Å². The van der Waals surface area contributed by atoms with Gasteiger partial charge in [-0.15, -0.1) is 0 Å². The van der Waals surface area contributed by atoms with Gasteiger partial charge in [0.2, 0.25) is 0 Å². The van der Waals surface area contributed by atoms with E-state index >= 15 is 0 Å². The smallest absolute Gasteiger partial charge is 0.254 e. The summed E-state index contributed by atoms with van der Waals surface area (Å²) in [4.78, 5) is 27.8. The molecule has 1 saturated heterocycles. The van der Waals surface area contributed by atoms with Gasteiger partial charge in [0.1, 0.15) is 11.9 Å². The number of aliphatic hydroxyl groups is 1. The Labute approximate surface area is 223 Å². The highest BCUT2D eigenvalue weighted by molar-refractivity contribution is 5.95. The highest BCUT2D eigenvalue weighted by atomic mass is 16.5. The fourth-order valence-electron chi connectivity index (χ4n) is 4.76. The highest BCUT2D eigenvalue weighted by Crippen LogP contribution is 2.25. The number of nitrogens with one attached hydrogen (secondary N) is 2. The number of benzene rings is 1. The standard InChI is InChI=1S/C29H49N3O5/c1-7-22-9-10-23(14-28(22)37-12-8-11-36-6)29(35)32(21(4)5)19-25-17-30-15-24(25)16-31-18-27(34)26(33)13-20(2)3/h9-10,14,20-21,24-26,30-31,33H,7-8,11-13,15-19H2,1-6H3/t24-,25-,26-/m0/s1. The number of Topliss-reactive ketones (excluding diaryl/α,β-unsaturated/α-hetero) is 1. The Hall–Kier alpha value is -2.00. The monoisotopic (exact) mass is 519 g/mol. The van der Waals surface area contributed by atoms with Crippen molar-refractivity contribution in [3.63, 3.8) is 0 Å². The normalized spacial score (nSPS) is 18.4. The van der Waals surface area contributed by atoms with Crippen LogP contribution in [0.4, 0.5) is 0 Å². The molecule has 0 radical (unpaired) electrons. The molecule has 3 N–H and O–H groups in total. The maximum Gasteiger partial charge on any atom is 0.254 e. The minimum absolute atomic E-state index is 0.00462. The molecule has 2 rings (SSSR count). The molecule has 8 nitrogen and oxygen atoms in total. The predicted molar refractivity (Wildman–Crippen MR) is 147 cm³/mol. The number of aryl methyl sites for hydroxylation is 1. The van der Waals surface area contributed by atoms with Crippen molar-refractivity contribution in [1.29, 1.82) is 0 Å². The number of ketones is 1. The van der Waals surface area contributed by atoms with Gasteiger partial charge in [-0.3, -0.25) is 9.59 Å². The second-order valence-electron chi connectivity index (χ2n) is 10.8. The summed E-state index contributed by atoms with van der Waals surface area (Å²) in [6.07, 6.45) is 1.20. The third kappa shape index (κ3) is 10.0. The van der Waals surface area contributed by atoms with Crippen molar-refractivity contribution >= 4 is 11.7 Å². The molecule has 1 amide bonds. The van der Waals surface area contributed by atoms with E-state index in [1.807, 2.05) is 50.8 Å². The molecule has 1 aromatic rings. The number of amides is 1. The molecule has 1 aromatic carbocycles. The fraction of sp³-hybridized carbons (Fsp3) is 0.724. The summed E-state index contributed by atoms with van der Waals surface area (Å²) in [5.74, 6) is 1.46. The van der Waals surface area contributed by atoms with Crippen molar-refractivity contribution in [3.8, 4) is 5.75 Å². The van der Waals surface area contributed by atoms with E-state index in [-0.39, 0.29) is 36.1 Å². The second-order valence-corrected chi connectivity index (χ2v) is 10.8. The van der Waals surface area contributed by atoms with Crippen LogP contribution in [-0.4, -0.2) is 86.9 Å². The summed E-state index contributed by atoms with van der Waals surface area (Å²) in [5, 5.41) is 16.7. The van der Waals surface area contributed by atoms with Crippen LogP contribution in [0.2, 0.25) is 0 Å². The van der Waals surface area contributed by atoms with E-state index in [0.717, 1.165) is 37.2 Å². The number of rotatable bonds is 17. The lowest BCUT2D eigenvalue weighted by atomic mass is 9.94. The molecule has 37 heavy (non-hydrogen) atoms. The number of ether oxygens (including phenoxy) is 2. The summed E-state index contributed by atoms with van der Waals surface area (Å²) < 4.78 is 11.1. The van der Waals surface area contributed by atoms with Crippen LogP contribution in [0.15, 0.2) is 18.2 Å². The number of hydrogen-bond donors (Lipinski definition) is 3. The lowest BCUT2D eigenvalue weighted by molar-refractivity contribution is -0.127. The van der Waals surface area contributed by atoms with E-state index in [0.29, 0.717) is 44.2 Å². The molecule has 0 spiro atoms. The van der Waals surface area contributed by atoms with Crippen LogP contribution in [0, 0.1) is 17.8 Å². The average molecular weight is 520 g/mol. The molecule has 1 aliphatic rings. The Kier molecular flexibility index (Phi) is 13.6. The van der Waals surface area contributed by atoms with Gasteiger partial charge in [0.25, 0.3) is 5.91 Å². The molecule has 0 aliphatic carbocycles. The molecule has 210 valence electrons. The van der Waals surface area contributed by atoms with Gasteiger partial charge >= 0.3 is 0 Å². The molecule has 0 saturated carbocycles. The molecular formula is C29H49N3O5. The van der Waals surface area contributed by atoms with Crippen LogP contribution in [0.3, 0.4) is 0 Å². The first-order valence-electron chi connectivity index (χ1n) is 13.9. The van der Waals surface area contributed by atoms with Crippen molar-refractivity contribution in [2.75, 3.05) is 53.0 Å². The topological polar surface area (TPSA) is 100 Å². The predicted octanol–water partition coefficient (Wildman–Crippen LogP) is 2.92. The van der Waals surface area contributed by atoms with Crippen LogP contribution < -0.4 is 15.4 Å². The number of hydrogen-bond acceptors (Lipinski definition) is 7. The van der Waals surface area contributed by atoms with Gasteiger partial charge < -0.3 is 30.1 Å². The van der Waals surface area contributed by atoms with Gasteiger partial charge in [0.15, 0.2) is 5.78 Å². The van der Waals surface area contributed by atoms with Crippen LogP contribution in [0.5, 0.6) is 5.75 Å². The molecule has 1 aliphatic heterocycles. The number of aliphatic hydroxyl groups excluding tert-OH is 1. The molecule has 0 unspecified atom stereocenters. The molecular weight excluding hydrogens is 470 g/mol. The first-order chi connectivity index (χ1) is 17.7. The van der Waals surface area contributed by atoms with Gasteiger partial charge in [0, 0.05) is 44.8 Å². The average Bonchev–Trinajstić information content (AvgIpc) is 3.30. The van der Waals surface area contributed by atoms with Crippen LogP contribution in [-0.2, 0) is 16.0 Å². The Morgan fingerprint density at radius 2 is 1.89 bits per heavy atom.